The van der Waals surface area contributed by atoms with Gasteiger partial charge in [0.2, 0.25) is 0 Å². The van der Waals surface area contributed by atoms with Crippen LogP contribution in [-0.2, 0) is 0 Å². The Morgan fingerprint density at radius 2 is 2.23 bits per heavy atom. The van der Waals surface area contributed by atoms with Crippen molar-refractivity contribution in [3.63, 3.8) is 0 Å². The van der Waals surface area contributed by atoms with E-state index >= 15 is 0 Å². The van der Waals surface area contributed by atoms with Crippen molar-refractivity contribution in [3.05, 3.63) is 29.3 Å². The first-order chi connectivity index (χ1) is 6.18. The summed E-state index contributed by atoms with van der Waals surface area (Å²) in [5.74, 6) is 0. The summed E-state index contributed by atoms with van der Waals surface area (Å²) in [7, 11) is 2.13. The van der Waals surface area contributed by atoms with E-state index in [1.165, 1.54) is 16.8 Å². The molecule has 2 nitrogen and oxygen atoms in total. The first-order valence-corrected chi connectivity index (χ1v) is 4.76. The molecule has 0 fully saturated rings. The zero-order valence-electron chi connectivity index (χ0n) is 8.25. The summed E-state index contributed by atoms with van der Waals surface area (Å²) in [6.45, 7) is 3.18. The standard InChI is InChI=1S/C11H16N2/c1-8-3-4-11-9(7-8)10(12)5-6-13(11)2/h3-4,7,10H,5-6,12H2,1-2H3. The summed E-state index contributed by atoms with van der Waals surface area (Å²) in [4.78, 5) is 2.28. The first kappa shape index (κ1) is 8.57. The lowest BCUT2D eigenvalue weighted by atomic mass is 9.96. The molecule has 0 aromatic heterocycles. The number of anilines is 1. The van der Waals surface area contributed by atoms with E-state index in [0.717, 1.165) is 13.0 Å². The Kier molecular flexibility index (Phi) is 2.00. The Hall–Kier alpha value is -1.02. The van der Waals surface area contributed by atoms with E-state index in [0.29, 0.717) is 0 Å². The fraction of sp³-hybridized carbons (Fsp3) is 0.455. The molecule has 2 rings (SSSR count). The molecule has 2 N–H and O–H groups in total. The van der Waals surface area contributed by atoms with E-state index in [2.05, 4.69) is 37.1 Å². The highest BCUT2D eigenvalue weighted by molar-refractivity contribution is 5.57. The van der Waals surface area contributed by atoms with Gasteiger partial charge in [-0.05, 0) is 25.0 Å². The van der Waals surface area contributed by atoms with Crippen LogP contribution in [0.4, 0.5) is 5.69 Å². The van der Waals surface area contributed by atoms with Crippen LogP contribution in [0.1, 0.15) is 23.6 Å². The van der Waals surface area contributed by atoms with Gasteiger partial charge in [0.15, 0.2) is 0 Å². The summed E-state index contributed by atoms with van der Waals surface area (Å²) in [6.07, 6.45) is 1.06. The van der Waals surface area contributed by atoms with E-state index in [9.17, 15) is 0 Å². The number of rotatable bonds is 0. The molecular weight excluding hydrogens is 160 g/mol. The smallest absolute Gasteiger partial charge is 0.0412 e. The minimum Gasteiger partial charge on any atom is -0.374 e. The van der Waals surface area contributed by atoms with Crippen LogP contribution in [0, 0.1) is 6.92 Å². The van der Waals surface area contributed by atoms with E-state index in [1.807, 2.05) is 0 Å². The lowest BCUT2D eigenvalue weighted by molar-refractivity contribution is 0.614. The quantitative estimate of drug-likeness (QED) is 0.653. The largest absolute Gasteiger partial charge is 0.374 e. The summed E-state index contributed by atoms with van der Waals surface area (Å²) in [5.41, 5.74) is 9.94. The molecule has 0 amide bonds. The van der Waals surface area contributed by atoms with E-state index in [-0.39, 0.29) is 6.04 Å². The van der Waals surface area contributed by atoms with Gasteiger partial charge in [-0.2, -0.15) is 0 Å². The molecule has 2 heteroatoms. The molecule has 1 aliphatic heterocycles. The number of benzene rings is 1. The molecule has 1 aromatic rings. The van der Waals surface area contributed by atoms with E-state index in [4.69, 9.17) is 5.73 Å². The second kappa shape index (κ2) is 3.04. The molecule has 70 valence electrons. The molecule has 1 aliphatic rings. The molecule has 1 atom stereocenters. The molecule has 0 saturated carbocycles. The van der Waals surface area contributed by atoms with Gasteiger partial charge in [0.05, 0.1) is 0 Å². The molecule has 1 heterocycles. The molecule has 0 radical (unpaired) electrons. The molecule has 1 unspecified atom stereocenters. The topological polar surface area (TPSA) is 29.3 Å². The summed E-state index contributed by atoms with van der Waals surface area (Å²) in [5, 5.41) is 0. The van der Waals surface area contributed by atoms with Crippen molar-refractivity contribution in [2.75, 3.05) is 18.5 Å². The number of nitrogens with two attached hydrogens (primary N) is 1. The Morgan fingerprint density at radius 1 is 1.46 bits per heavy atom. The molecule has 0 aliphatic carbocycles. The predicted molar refractivity (Wildman–Crippen MR) is 56.0 cm³/mol. The maximum absolute atomic E-state index is 6.05. The van der Waals surface area contributed by atoms with Gasteiger partial charge in [0.1, 0.15) is 0 Å². The number of hydrogen-bond acceptors (Lipinski definition) is 2. The van der Waals surface area contributed by atoms with Crippen molar-refractivity contribution in [2.45, 2.75) is 19.4 Å². The normalized spacial score (nSPS) is 21.5. The Morgan fingerprint density at radius 3 is 3.00 bits per heavy atom. The first-order valence-electron chi connectivity index (χ1n) is 4.76. The van der Waals surface area contributed by atoms with Crippen LogP contribution in [0.25, 0.3) is 0 Å². The fourth-order valence-electron chi connectivity index (χ4n) is 1.93. The highest BCUT2D eigenvalue weighted by atomic mass is 15.1. The predicted octanol–water partition coefficient (Wildman–Crippen LogP) is 1.83. The number of aryl methyl sites for hydroxylation is 1. The maximum atomic E-state index is 6.05. The third kappa shape index (κ3) is 1.42. The Bertz CT molecular complexity index is 320. The highest BCUT2D eigenvalue weighted by Crippen LogP contribution is 2.31. The van der Waals surface area contributed by atoms with Gasteiger partial charge in [-0.1, -0.05) is 17.7 Å². The third-order valence-corrected chi connectivity index (χ3v) is 2.77. The summed E-state index contributed by atoms with van der Waals surface area (Å²) >= 11 is 0. The van der Waals surface area contributed by atoms with Crippen molar-refractivity contribution < 1.29 is 0 Å². The Labute approximate surface area is 79.4 Å². The van der Waals surface area contributed by atoms with Gasteiger partial charge in [-0.25, -0.2) is 0 Å². The minimum atomic E-state index is 0.228. The van der Waals surface area contributed by atoms with Crippen LogP contribution in [-0.4, -0.2) is 13.6 Å². The minimum absolute atomic E-state index is 0.228. The average Bonchev–Trinajstić information content (AvgIpc) is 2.12. The Balaban J connectivity index is 2.50. The average molecular weight is 176 g/mol. The molecule has 1 aromatic carbocycles. The van der Waals surface area contributed by atoms with Crippen LogP contribution in [0.2, 0.25) is 0 Å². The zero-order valence-corrected chi connectivity index (χ0v) is 8.25. The van der Waals surface area contributed by atoms with Gasteiger partial charge in [-0.3, -0.25) is 0 Å². The van der Waals surface area contributed by atoms with E-state index < -0.39 is 0 Å². The zero-order chi connectivity index (χ0) is 9.42. The van der Waals surface area contributed by atoms with Gasteiger partial charge in [-0.15, -0.1) is 0 Å². The lowest BCUT2D eigenvalue weighted by Gasteiger charge is -2.31. The second-order valence-corrected chi connectivity index (χ2v) is 3.88. The van der Waals surface area contributed by atoms with Crippen LogP contribution in [0.5, 0.6) is 0 Å². The second-order valence-electron chi connectivity index (χ2n) is 3.88. The number of nitrogens with zero attached hydrogens (tertiary/aromatic N) is 1. The summed E-state index contributed by atoms with van der Waals surface area (Å²) < 4.78 is 0. The summed E-state index contributed by atoms with van der Waals surface area (Å²) in [6, 6.07) is 6.75. The lowest BCUT2D eigenvalue weighted by Crippen LogP contribution is -2.30. The SMILES string of the molecule is Cc1ccc2c(c1)C(N)CCN2C. The molecule has 0 spiro atoms. The molecule has 0 bridgehead atoms. The van der Waals surface area contributed by atoms with Gasteiger partial charge in [0.25, 0.3) is 0 Å². The van der Waals surface area contributed by atoms with Crippen molar-refractivity contribution in [3.8, 4) is 0 Å². The van der Waals surface area contributed by atoms with Crippen molar-refractivity contribution >= 4 is 5.69 Å². The maximum Gasteiger partial charge on any atom is 0.0412 e. The van der Waals surface area contributed by atoms with Crippen LogP contribution >= 0.6 is 0 Å². The highest BCUT2D eigenvalue weighted by Gasteiger charge is 2.19. The van der Waals surface area contributed by atoms with Crippen molar-refractivity contribution in [1.82, 2.24) is 0 Å². The number of hydrogen-bond donors (Lipinski definition) is 1. The van der Waals surface area contributed by atoms with Crippen molar-refractivity contribution in [1.29, 1.82) is 0 Å². The molecule has 13 heavy (non-hydrogen) atoms. The monoisotopic (exact) mass is 176 g/mol. The molecular formula is C11H16N2. The van der Waals surface area contributed by atoms with E-state index in [1.54, 1.807) is 0 Å². The van der Waals surface area contributed by atoms with Crippen molar-refractivity contribution in [2.24, 2.45) is 5.73 Å². The van der Waals surface area contributed by atoms with Gasteiger partial charge < -0.3 is 10.6 Å². The van der Waals surface area contributed by atoms with Crippen LogP contribution in [0.3, 0.4) is 0 Å². The van der Waals surface area contributed by atoms with Crippen LogP contribution in [0.15, 0.2) is 18.2 Å². The third-order valence-electron chi connectivity index (χ3n) is 2.77. The van der Waals surface area contributed by atoms with Gasteiger partial charge in [0, 0.05) is 25.3 Å². The number of fused-ring (bicyclic) bond motifs is 1. The molecule has 0 saturated heterocycles. The van der Waals surface area contributed by atoms with Gasteiger partial charge >= 0.3 is 0 Å². The van der Waals surface area contributed by atoms with Crippen LogP contribution < -0.4 is 10.6 Å². The fourth-order valence-corrected chi connectivity index (χ4v) is 1.93.